The third kappa shape index (κ3) is 1.33. The van der Waals surface area contributed by atoms with Gasteiger partial charge in [-0.25, -0.2) is 4.39 Å². The number of amides is 1. The summed E-state index contributed by atoms with van der Waals surface area (Å²) < 4.78 is 12.8. The molecule has 3 N–H and O–H groups in total. The van der Waals surface area contributed by atoms with E-state index < -0.39 is 11.6 Å². The van der Waals surface area contributed by atoms with Crippen molar-refractivity contribution < 1.29 is 9.18 Å². The van der Waals surface area contributed by atoms with Crippen LogP contribution in [-0.4, -0.2) is 24.2 Å². The Balaban J connectivity index is 1.93. The molecule has 1 amide bonds. The van der Waals surface area contributed by atoms with Crippen molar-refractivity contribution >= 4 is 5.91 Å². The minimum absolute atomic E-state index is 0.164. The Bertz CT molecular complexity index is 252. The first-order valence-electron chi connectivity index (χ1n) is 4.69. The molecule has 3 nitrogen and oxygen atoms in total. The Hall–Kier alpha value is -0.640. The van der Waals surface area contributed by atoms with Crippen molar-refractivity contribution in [2.24, 2.45) is 11.1 Å². The predicted molar refractivity (Wildman–Crippen MR) is 46.8 cm³/mol. The zero-order valence-corrected chi connectivity index (χ0v) is 7.77. The summed E-state index contributed by atoms with van der Waals surface area (Å²) in [5.41, 5.74) is 4.56. The average molecular weight is 186 g/mol. The molecule has 4 heteroatoms. The van der Waals surface area contributed by atoms with Crippen molar-refractivity contribution in [3.8, 4) is 0 Å². The number of halogens is 1. The summed E-state index contributed by atoms with van der Waals surface area (Å²) in [5, 5.41) is 2.85. The van der Waals surface area contributed by atoms with Gasteiger partial charge in [0.1, 0.15) is 6.17 Å². The molecule has 2 atom stereocenters. The molecule has 2 fully saturated rings. The van der Waals surface area contributed by atoms with E-state index in [1.807, 2.05) is 0 Å². The summed E-state index contributed by atoms with van der Waals surface area (Å²) in [7, 11) is 0. The summed E-state index contributed by atoms with van der Waals surface area (Å²) in [4.78, 5) is 11.5. The molecule has 2 rings (SSSR count). The maximum atomic E-state index is 12.8. The standard InChI is InChI=1S/C9H15FN2O/c1-8(4-6(8)10)7(13)12-9(5-11)2-3-9/h6H,2-5,11H2,1H3,(H,12,13). The van der Waals surface area contributed by atoms with Gasteiger partial charge in [0.2, 0.25) is 5.91 Å². The first-order valence-corrected chi connectivity index (χ1v) is 4.69. The smallest absolute Gasteiger partial charge is 0.229 e. The number of nitrogens with two attached hydrogens (primary N) is 1. The first kappa shape index (κ1) is 8.94. The molecule has 0 spiro atoms. The number of hydrogen-bond donors (Lipinski definition) is 2. The second-order valence-corrected chi connectivity index (χ2v) is 4.53. The van der Waals surface area contributed by atoms with Crippen LogP contribution in [0.15, 0.2) is 0 Å². The largest absolute Gasteiger partial charge is 0.349 e. The molecule has 2 unspecified atom stereocenters. The Morgan fingerprint density at radius 3 is 2.54 bits per heavy atom. The fraction of sp³-hybridized carbons (Fsp3) is 0.889. The lowest BCUT2D eigenvalue weighted by Crippen LogP contribution is -2.45. The average Bonchev–Trinajstić information content (AvgIpc) is 2.95. The van der Waals surface area contributed by atoms with Gasteiger partial charge >= 0.3 is 0 Å². The molecule has 0 aromatic rings. The van der Waals surface area contributed by atoms with Gasteiger partial charge in [0.25, 0.3) is 0 Å². The second kappa shape index (κ2) is 2.44. The lowest BCUT2D eigenvalue weighted by Gasteiger charge is -2.17. The Morgan fingerprint density at radius 2 is 2.23 bits per heavy atom. The first-order chi connectivity index (χ1) is 6.02. The fourth-order valence-electron chi connectivity index (χ4n) is 1.46. The highest BCUT2D eigenvalue weighted by Crippen LogP contribution is 2.49. The molecule has 2 saturated carbocycles. The van der Waals surface area contributed by atoms with Crippen molar-refractivity contribution in [1.82, 2.24) is 5.32 Å². The molecule has 0 aromatic heterocycles. The molecule has 13 heavy (non-hydrogen) atoms. The van der Waals surface area contributed by atoms with Crippen molar-refractivity contribution in [2.45, 2.75) is 37.9 Å². The number of hydrogen-bond acceptors (Lipinski definition) is 2. The molecule has 2 aliphatic rings. The van der Waals surface area contributed by atoms with E-state index in [1.54, 1.807) is 6.92 Å². The van der Waals surface area contributed by atoms with E-state index in [9.17, 15) is 9.18 Å². The van der Waals surface area contributed by atoms with Gasteiger partial charge in [-0.3, -0.25) is 4.79 Å². The summed E-state index contributed by atoms with van der Waals surface area (Å²) in [6.45, 7) is 2.13. The van der Waals surface area contributed by atoms with E-state index in [1.165, 1.54) is 0 Å². The highest BCUT2D eigenvalue weighted by molar-refractivity contribution is 5.87. The van der Waals surface area contributed by atoms with Gasteiger partial charge in [-0.1, -0.05) is 0 Å². The number of alkyl halides is 1. The lowest BCUT2D eigenvalue weighted by molar-refractivity contribution is -0.127. The summed E-state index contributed by atoms with van der Waals surface area (Å²) >= 11 is 0. The number of nitrogens with one attached hydrogen (secondary N) is 1. The zero-order valence-electron chi connectivity index (χ0n) is 7.77. The van der Waals surface area contributed by atoms with E-state index in [4.69, 9.17) is 5.73 Å². The van der Waals surface area contributed by atoms with E-state index in [0.717, 1.165) is 12.8 Å². The molecule has 0 aromatic carbocycles. The predicted octanol–water partition coefficient (Wildman–Crippen LogP) is 0.342. The summed E-state index contributed by atoms with van der Waals surface area (Å²) in [6, 6.07) is 0. The van der Waals surface area contributed by atoms with E-state index in [0.29, 0.717) is 13.0 Å². The Morgan fingerprint density at radius 1 is 1.69 bits per heavy atom. The van der Waals surface area contributed by atoms with Gasteiger partial charge in [-0.05, 0) is 26.2 Å². The van der Waals surface area contributed by atoms with Crippen LogP contribution in [0, 0.1) is 5.41 Å². The minimum Gasteiger partial charge on any atom is -0.349 e. The van der Waals surface area contributed by atoms with Crippen LogP contribution >= 0.6 is 0 Å². The second-order valence-electron chi connectivity index (χ2n) is 4.53. The molecule has 74 valence electrons. The molecular formula is C9H15FN2O. The highest BCUT2D eigenvalue weighted by atomic mass is 19.1. The topological polar surface area (TPSA) is 55.1 Å². The quantitative estimate of drug-likeness (QED) is 0.668. The van der Waals surface area contributed by atoms with E-state index in [-0.39, 0.29) is 11.4 Å². The zero-order chi connectivity index (χ0) is 9.69. The monoisotopic (exact) mass is 186 g/mol. The fourth-order valence-corrected chi connectivity index (χ4v) is 1.46. The Labute approximate surface area is 76.9 Å². The molecule has 2 aliphatic carbocycles. The number of rotatable bonds is 3. The summed E-state index contributed by atoms with van der Waals surface area (Å²) in [6.07, 6.45) is 1.27. The maximum Gasteiger partial charge on any atom is 0.229 e. The van der Waals surface area contributed by atoms with Crippen molar-refractivity contribution in [3.63, 3.8) is 0 Å². The molecule has 0 radical (unpaired) electrons. The van der Waals surface area contributed by atoms with Gasteiger partial charge in [-0.2, -0.15) is 0 Å². The molecule has 0 aliphatic heterocycles. The number of carbonyl (C=O) groups is 1. The third-order valence-electron chi connectivity index (χ3n) is 3.28. The van der Waals surface area contributed by atoms with Gasteiger partial charge in [0, 0.05) is 6.54 Å². The van der Waals surface area contributed by atoms with Gasteiger partial charge in [0.15, 0.2) is 0 Å². The Kier molecular flexibility index (Phi) is 1.68. The summed E-state index contributed by atoms with van der Waals surface area (Å²) in [5.74, 6) is -0.164. The van der Waals surface area contributed by atoms with Crippen LogP contribution in [0.3, 0.4) is 0 Å². The molecular weight excluding hydrogens is 171 g/mol. The molecule has 0 saturated heterocycles. The lowest BCUT2D eigenvalue weighted by atomic mass is 10.1. The van der Waals surface area contributed by atoms with E-state index >= 15 is 0 Å². The van der Waals surface area contributed by atoms with Crippen LogP contribution in [0.25, 0.3) is 0 Å². The molecule has 0 heterocycles. The SMILES string of the molecule is CC1(C(=O)NC2(CN)CC2)CC1F. The maximum absolute atomic E-state index is 12.8. The highest BCUT2D eigenvalue weighted by Gasteiger charge is 2.59. The molecule has 0 bridgehead atoms. The van der Waals surface area contributed by atoms with Crippen LogP contribution < -0.4 is 11.1 Å². The van der Waals surface area contributed by atoms with Crippen molar-refractivity contribution in [2.75, 3.05) is 6.54 Å². The number of carbonyl (C=O) groups excluding carboxylic acids is 1. The third-order valence-corrected chi connectivity index (χ3v) is 3.28. The van der Waals surface area contributed by atoms with Crippen LogP contribution in [0.2, 0.25) is 0 Å². The van der Waals surface area contributed by atoms with Crippen molar-refractivity contribution in [3.05, 3.63) is 0 Å². The van der Waals surface area contributed by atoms with Crippen LogP contribution in [0.5, 0.6) is 0 Å². The van der Waals surface area contributed by atoms with Crippen LogP contribution in [-0.2, 0) is 4.79 Å². The van der Waals surface area contributed by atoms with Crippen molar-refractivity contribution in [1.29, 1.82) is 0 Å². The van der Waals surface area contributed by atoms with E-state index in [2.05, 4.69) is 5.32 Å². The minimum atomic E-state index is -0.957. The van der Waals surface area contributed by atoms with Gasteiger partial charge in [0.05, 0.1) is 11.0 Å². The van der Waals surface area contributed by atoms with Gasteiger partial charge < -0.3 is 11.1 Å². The normalized spacial score (nSPS) is 39.8. The van der Waals surface area contributed by atoms with Crippen LogP contribution in [0.4, 0.5) is 4.39 Å². The van der Waals surface area contributed by atoms with Gasteiger partial charge in [-0.15, -0.1) is 0 Å². The van der Waals surface area contributed by atoms with Crippen LogP contribution in [0.1, 0.15) is 26.2 Å².